The summed E-state index contributed by atoms with van der Waals surface area (Å²) in [5, 5.41) is 0.747. The molecular formula is C18H20ClNO. The van der Waals surface area contributed by atoms with Crippen molar-refractivity contribution in [2.45, 2.75) is 25.9 Å². The molecule has 2 nitrogen and oxygen atoms in total. The first kappa shape index (κ1) is 14.3. The van der Waals surface area contributed by atoms with Crippen LogP contribution in [-0.4, -0.2) is 19.2 Å². The zero-order valence-electron chi connectivity index (χ0n) is 12.3. The number of halogens is 1. The molecule has 1 aliphatic heterocycles. The lowest BCUT2D eigenvalue weighted by Gasteiger charge is -2.33. The predicted octanol–water partition coefficient (Wildman–Crippen LogP) is 4.70. The van der Waals surface area contributed by atoms with E-state index in [1.54, 1.807) is 0 Å². The Morgan fingerprint density at radius 2 is 1.57 bits per heavy atom. The second-order valence-electron chi connectivity index (χ2n) is 5.59. The quantitative estimate of drug-likeness (QED) is 0.815. The van der Waals surface area contributed by atoms with Crippen molar-refractivity contribution in [2.24, 2.45) is 0 Å². The van der Waals surface area contributed by atoms with Crippen LogP contribution in [0.5, 0.6) is 5.75 Å². The SMILES string of the molecule is Cc1ccc(N2CCC(Oc3ccc(Cl)cc3)CC2)cc1. The van der Waals surface area contributed by atoms with Crippen LogP contribution in [0, 0.1) is 6.92 Å². The third kappa shape index (κ3) is 3.70. The standard InChI is InChI=1S/C18H20ClNO/c1-14-2-6-16(7-3-14)20-12-10-18(11-13-20)21-17-8-4-15(19)5-9-17/h2-9,18H,10-13H2,1H3. The van der Waals surface area contributed by atoms with Crippen LogP contribution in [0.25, 0.3) is 0 Å². The van der Waals surface area contributed by atoms with E-state index in [0.29, 0.717) is 6.10 Å². The molecule has 2 aromatic carbocycles. The van der Waals surface area contributed by atoms with Gasteiger partial charge in [-0.1, -0.05) is 29.3 Å². The molecule has 1 heterocycles. The van der Waals surface area contributed by atoms with E-state index in [4.69, 9.17) is 16.3 Å². The normalized spacial score (nSPS) is 16.0. The highest BCUT2D eigenvalue weighted by Gasteiger charge is 2.20. The lowest BCUT2D eigenvalue weighted by atomic mass is 10.1. The van der Waals surface area contributed by atoms with Crippen molar-refractivity contribution < 1.29 is 4.74 Å². The minimum absolute atomic E-state index is 0.299. The Bertz CT molecular complexity index is 571. The van der Waals surface area contributed by atoms with Gasteiger partial charge in [0.15, 0.2) is 0 Å². The van der Waals surface area contributed by atoms with Crippen LogP contribution in [0.4, 0.5) is 5.69 Å². The summed E-state index contributed by atoms with van der Waals surface area (Å²) in [6.07, 6.45) is 2.40. The molecular weight excluding hydrogens is 282 g/mol. The first-order valence-corrected chi connectivity index (χ1v) is 7.82. The van der Waals surface area contributed by atoms with E-state index in [-0.39, 0.29) is 0 Å². The topological polar surface area (TPSA) is 12.5 Å². The van der Waals surface area contributed by atoms with Gasteiger partial charge in [0.25, 0.3) is 0 Å². The fraction of sp³-hybridized carbons (Fsp3) is 0.333. The van der Waals surface area contributed by atoms with Gasteiger partial charge in [0.2, 0.25) is 0 Å². The van der Waals surface area contributed by atoms with Gasteiger partial charge in [-0.3, -0.25) is 0 Å². The molecule has 0 atom stereocenters. The number of piperidine rings is 1. The molecule has 0 radical (unpaired) electrons. The summed E-state index contributed by atoms with van der Waals surface area (Å²) in [5.41, 5.74) is 2.62. The molecule has 110 valence electrons. The van der Waals surface area contributed by atoms with Gasteiger partial charge in [0.05, 0.1) is 0 Å². The first-order chi connectivity index (χ1) is 10.2. The van der Waals surface area contributed by atoms with Crippen LogP contribution >= 0.6 is 11.6 Å². The fourth-order valence-electron chi connectivity index (χ4n) is 2.69. The third-order valence-corrected chi connectivity index (χ3v) is 4.21. The van der Waals surface area contributed by atoms with Crippen molar-refractivity contribution in [1.82, 2.24) is 0 Å². The van der Waals surface area contributed by atoms with Gasteiger partial charge >= 0.3 is 0 Å². The number of rotatable bonds is 3. The van der Waals surface area contributed by atoms with Crippen LogP contribution in [0.1, 0.15) is 18.4 Å². The third-order valence-electron chi connectivity index (χ3n) is 3.96. The highest BCUT2D eigenvalue weighted by molar-refractivity contribution is 6.30. The number of nitrogens with zero attached hydrogens (tertiary/aromatic N) is 1. The average molecular weight is 302 g/mol. The molecule has 3 heteroatoms. The largest absolute Gasteiger partial charge is 0.490 e. The summed E-state index contributed by atoms with van der Waals surface area (Å²) >= 11 is 5.89. The summed E-state index contributed by atoms with van der Waals surface area (Å²) in [5.74, 6) is 0.910. The maximum absolute atomic E-state index is 6.03. The van der Waals surface area contributed by atoms with E-state index in [2.05, 4.69) is 36.1 Å². The summed E-state index contributed by atoms with van der Waals surface area (Å²) in [6, 6.07) is 16.4. The minimum atomic E-state index is 0.299. The Kier molecular flexibility index (Phi) is 4.35. The van der Waals surface area contributed by atoms with Crippen molar-refractivity contribution >= 4 is 17.3 Å². The lowest BCUT2D eigenvalue weighted by Crippen LogP contribution is -2.38. The predicted molar refractivity (Wildman–Crippen MR) is 88.5 cm³/mol. The number of benzene rings is 2. The van der Waals surface area contributed by atoms with E-state index in [1.165, 1.54) is 11.3 Å². The molecule has 1 fully saturated rings. The molecule has 0 spiro atoms. The maximum atomic E-state index is 6.03. The van der Waals surface area contributed by atoms with Crippen molar-refractivity contribution in [1.29, 1.82) is 0 Å². The van der Waals surface area contributed by atoms with Gasteiger partial charge in [0, 0.05) is 36.6 Å². The molecule has 0 aliphatic carbocycles. The van der Waals surface area contributed by atoms with Gasteiger partial charge < -0.3 is 9.64 Å². The van der Waals surface area contributed by atoms with Crippen molar-refractivity contribution in [2.75, 3.05) is 18.0 Å². The van der Waals surface area contributed by atoms with Crippen molar-refractivity contribution in [3.05, 3.63) is 59.1 Å². The summed E-state index contributed by atoms with van der Waals surface area (Å²) in [7, 11) is 0. The van der Waals surface area contributed by atoms with Gasteiger partial charge in [0.1, 0.15) is 11.9 Å². The second kappa shape index (κ2) is 6.40. The Balaban J connectivity index is 1.55. The zero-order chi connectivity index (χ0) is 14.7. The maximum Gasteiger partial charge on any atom is 0.119 e. The summed E-state index contributed by atoms with van der Waals surface area (Å²) in [6.45, 7) is 4.21. The number of hydrogen-bond acceptors (Lipinski definition) is 2. The highest BCUT2D eigenvalue weighted by atomic mass is 35.5. The fourth-order valence-corrected chi connectivity index (χ4v) is 2.82. The number of hydrogen-bond donors (Lipinski definition) is 0. The van der Waals surface area contributed by atoms with Crippen LogP contribution in [0.2, 0.25) is 5.02 Å². The average Bonchev–Trinajstić information content (AvgIpc) is 2.51. The molecule has 1 saturated heterocycles. The molecule has 21 heavy (non-hydrogen) atoms. The molecule has 2 aromatic rings. The van der Waals surface area contributed by atoms with E-state index >= 15 is 0 Å². The second-order valence-corrected chi connectivity index (χ2v) is 6.03. The molecule has 0 saturated carbocycles. The first-order valence-electron chi connectivity index (χ1n) is 7.44. The highest BCUT2D eigenvalue weighted by Crippen LogP contribution is 2.24. The lowest BCUT2D eigenvalue weighted by molar-refractivity contribution is 0.171. The van der Waals surface area contributed by atoms with E-state index in [0.717, 1.165) is 36.7 Å². The zero-order valence-corrected chi connectivity index (χ0v) is 13.0. The summed E-state index contributed by atoms with van der Waals surface area (Å²) in [4.78, 5) is 2.43. The van der Waals surface area contributed by atoms with Gasteiger partial charge in [-0.15, -0.1) is 0 Å². The molecule has 0 unspecified atom stereocenters. The van der Waals surface area contributed by atoms with E-state index in [1.807, 2.05) is 24.3 Å². The van der Waals surface area contributed by atoms with Crippen LogP contribution < -0.4 is 9.64 Å². The Hall–Kier alpha value is -1.67. The number of aryl methyl sites for hydroxylation is 1. The van der Waals surface area contributed by atoms with E-state index < -0.39 is 0 Å². The molecule has 0 amide bonds. The molecule has 1 aliphatic rings. The van der Waals surface area contributed by atoms with Crippen molar-refractivity contribution in [3.63, 3.8) is 0 Å². The van der Waals surface area contributed by atoms with E-state index in [9.17, 15) is 0 Å². The van der Waals surface area contributed by atoms with Gasteiger partial charge in [-0.25, -0.2) is 0 Å². The molecule has 3 rings (SSSR count). The van der Waals surface area contributed by atoms with Crippen molar-refractivity contribution in [3.8, 4) is 5.75 Å². The molecule has 0 aromatic heterocycles. The Morgan fingerprint density at radius 1 is 0.952 bits per heavy atom. The Morgan fingerprint density at radius 3 is 2.19 bits per heavy atom. The number of ether oxygens (including phenoxy) is 1. The molecule has 0 bridgehead atoms. The molecule has 0 N–H and O–H groups in total. The van der Waals surface area contributed by atoms with Crippen LogP contribution in [-0.2, 0) is 0 Å². The van der Waals surface area contributed by atoms with Crippen LogP contribution in [0.15, 0.2) is 48.5 Å². The monoisotopic (exact) mass is 301 g/mol. The number of anilines is 1. The van der Waals surface area contributed by atoms with Crippen LogP contribution in [0.3, 0.4) is 0 Å². The minimum Gasteiger partial charge on any atom is -0.490 e. The van der Waals surface area contributed by atoms with Gasteiger partial charge in [-0.2, -0.15) is 0 Å². The Labute approximate surface area is 131 Å². The smallest absolute Gasteiger partial charge is 0.119 e. The summed E-state index contributed by atoms with van der Waals surface area (Å²) < 4.78 is 6.03. The van der Waals surface area contributed by atoms with Gasteiger partial charge in [-0.05, 0) is 43.3 Å².